The summed E-state index contributed by atoms with van der Waals surface area (Å²) in [5.74, 6) is 0.994. The first-order valence-corrected chi connectivity index (χ1v) is 14.0. The molecule has 8 nitrogen and oxygen atoms in total. The van der Waals surface area contributed by atoms with E-state index in [4.69, 9.17) is 14.7 Å². The van der Waals surface area contributed by atoms with Crippen molar-refractivity contribution in [1.82, 2.24) is 20.2 Å². The summed E-state index contributed by atoms with van der Waals surface area (Å²) in [6.07, 6.45) is 4.83. The Morgan fingerprint density at radius 2 is 1.95 bits per heavy atom. The molecule has 0 unspecified atom stereocenters. The SMILES string of the molecule is CN1CCC[C@H]1COc1nc2c(c(N3CCN[C@@H](CC#N)C3)n1)CCCN(c1cccc3ccccc13)C2. The van der Waals surface area contributed by atoms with Crippen LogP contribution in [-0.2, 0) is 13.0 Å². The van der Waals surface area contributed by atoms with Gasteiger partial charge in [0.1, 0.15) is 12.4 Å². The maximum atomic E-state index is 9.29. The molecular weight excluding hydrogens is 474 g/mol. The van der Waals surface area contributed by atoms with Crippen LogP contribution in [0.2, 0.25) is 0 Å². The van der Waals surface area contributed by atoms with E-state index >= 15 is 0 Å². The first-order valence-electron chi connectivity index (χ1n) is 14.0. The second kappa shape index (κ2) is 11.1. The Morgan fingerprint density at radius 3 is 2.82 bits per heavy atom. The molecule has 0 amide bonds. The van der Waals surface area contributed by atoms with E-state index in [1.54, 1.807) is 0 Å². The lowest BCUT2D eigenvalue weighted by Crippen LogP contribution is -2.51. The van der Waals surface area contributed by atoms with Crippen molar-refractivity contribution >= 4 is 22.3 Å². The van der Waals surface area contributed by atoms with Crippen LogP contribution in [0.3, 0.4) is 0 Å². The third kappa shape index (κ3) is 5.13. The number of fused-ring (bicyclic) bond motifs is 2. The molecular formula is C30H37N7O. The highest BCUT2D eigenvalue weighted by atomic mass is 16.5. The number of rotatable bonds is 6. The summed E-state index contributed by atoms with van der Waals surface area (Å²) >= 11 is 0. The molecule has 2 saturated heterocycles. The molecule has 1 aromatic heterocycles. The van der Waals surface area contributed by atoms with Gasteiger partial charge in [0, 0.05) is 54.9 Å². The predicted molar refractivity (Wildman–Crippen MR) is 151 cm³/mol. The topological polar surface area (TPSA) is 80.5 Å². The van der Waals surface area contributed by atoms with Gasteiger partial charge in [-0.05, 0) is 50.7 Å². The zero-order chi connectivity index (χ0) is 25.9. The Labute approximate surface area is 225 Å². The quantitative estimate of drug-likeness (QED) is 0.536. The number of nitrogens with one attached hydrogen (secondary N) is 1. The van der Waals surface area contributed by atoms with Gasteiger partial charge >= 0.3 is 6.01 Å². The Morgan fingerprint density at radius 1 is 1.05 bits per heavy atom. The third-order valence-corrected chi connectivity index (χ3v) is 8.32. The van der Waals surface area contributed by atoms with Crippen LogP contribution in [0.5, 0.6) is 6.01 Å². The number of hydrogen-bond acceptors (Lipinski definition) is 8. The minimum atomic E-state index is 0.147. The number of likely N-dealkylation sites (tertiary alicyclic amines) is 1. The second-order valence-electron chi connectivity index (χ2n) is 10.8. The third-order valence-electron chi connectivity index (χ3n) is 8.32. The highest BCUT2D eigenvalue weighted by molar-refractivity contribution is 5.94. The van der Waals surface area contributed by atoms with E-state index in [1.165, 1.54) is 28.4 Å². The summed E-state index contributed by atoms with van der Waals surface area (Å²) < 4.78 is 6.31. The molecule has 2 atom stereocenters. The van der Waals surface area contributed by atoms with Crippen LogP contribution in [0.4, 0.5) is 11.5 Å². The van der Waals surface area contributed by atoms with Crippen LogP contribution >= 0.6 is 0 Å². The second-order valence-corrected chi connectivity index (χ2v) is 10.8. The van der Waals surface area contributed by atoms with Gasteiger partial charge in [0.15, 0.2) is 0 Å². The van der Waals surface area contributed by atoms with E-state index in [0.29, 0.717) is 25.1 Å². The van der Waals surface area contributed by atoms with Crippen LogP contribution < -0.4 is 19.9 Å². The Bertz CT molecular complexity index is 1320. The number of anilines is 2. The van der Waals surface area contributed by atoms with E-state index < -0.39 is 0 Å². The van der Waals surface area contributed by atoms with Gasteiger partial charge in [0.05, 0.1) is 24.7 Å². The van der Waals surface area contributed by atoms with Gasteiger partial charge in [-0.25, -0.2) is 0 Å². The van der Waals surface area contributed by atoms with Crippen molar-refractivity contribution < 1.29 is 4.74 Å². The van der Waals surface area contributed by atoms with Crippen molar-refractivity contribution in [3.63, 3.8) is 0 Å². The molecule has 3 aromatic rings. The van der Waals surface area contributed by atoms with Crippen molar-refractivity contribution in [2.24, 2.45) is 0 Å². The van der Waals surface area contributed by atoms with E-state index in [-0.39, 0.29) is 6.04 Å². The van der Waals surface area contributed by atoms with Crippen LogP contribution in [0.1, 0.15) is 36.9 Å². The normalized spacial score (nSPS) is 22.2. The minimum Gasteiger partial charge on any atom is -0.462 e. The first-order chi connectivity index (χ1) is 18.7. The van der Waals surface area contributed by atoms with Crippen LogP contribution in [0.25, 0.3) is 10.8 Å². The molecule has 3 aliphatic heterocycles. The zero-order valence-corrected chi connectivity index (χ0v) is 22.3. The van der Waals surface area contributed by atoms with Gasteiger partial charge < -0.3 is 24.8 Å². The molecule has 4 heterocycles. The van der Waals surface area contributed by atoms with Crippen molar-refractivity contribution in [1.29, 1.82) is 5.26 Å². The molecule has 198 valence electrons. The molecule has 1 N–H and O–H groups in total. The molecule has 2 fully saturated rings. The van der Waals surface area contributed by atoms with Gasteiger partial charge in [-0.2, -0.15) is 15.2 Å². The number of nitriles is 1. The molecule has 3 aliphatic rings. The number of benzene rings is 2. The smallest absolute Gasteiger partial charge is 0.318 e. The summed E-state index contributed by atoms with van der Waals surface area (Å²) in [6, 6.07) is 18.5. The van der Waals surface area contributed by atoms with E-state index in [1.807, 2.05) is 0 Å². The van der Waals surface area contributed by atoms with E-state index in [0.717, 1.165) is 70.0 Å². The molecule has 8 heteroatoms. The Hall–Kier alpha value is -3.41. The fourth-order valence-corrected chi connectivity index (χ4v) is 6.23. The summed E-state index contributed by atoms with van der Waals surface area (Å²) in [4.78, 5) is 17.2. The summed E-state index contributed by atoms with van der Waals surface area (Å²) in [5.41, 5.74) is 3.55. The van der Waals surface area contributed by atoms with Crippen molar-refractivity contribution in [2.45, 2.75) is 50.7 Å². The Kier molecular flexibility index (Phi) is 7.30. The maximum Gasteiger partial charge on any atom is 0.318 e. The molecule has 38 heavy (non-hydrogen) atoms. The average molecular weight is 512 g/mol. The first kappa shape index (κ1) is 24.9. The summed E-state index contributed by atoms with van der Waals surface area (Å²) in [6.45, 7) is 5.90. The predicted octanol–water partition coefficient (Wildman–Crippen LogP) is 3.75. The van der Waals surface area contributed by atoms with Gasteiger partial charge in [0.2, 0.25) is 0 Å². The van der Waals surface area contributed by atoms with E-state index in [9.17, 15) is 5.26 Å². The largest absolute Gasteiger partial charge is 0.462 e. The van der Waals surface area contributed by atoms with E-state index in [2.05, 4.69) is 75.6 Å². The lowest BCUT2D eigenvalue weighted by Gasteiger charge is -2.35. The fraction of sp³-hybridized carbons (Fsp3) is 0.500. The van der Waals surface area contributed by atoms with Crippen LogP contribution in [-0.4, -0.2) is 73.3 Å². The van der Waals surface area contributed by atoms with Crippen molar-refractivity contribution in [3.8, 4) is 12.1 Å². The van der Waals surface area contributed by atoms with Gasteiger partial charge in [-0.15, -0.1) is 0 Å². The van der Waals surface area contributed by atoms with Crippen LogP contribution in [0, 0.1) is 11.3 Å². The molecule has 0 spiro atoms. The van der Waals surface area contributed by atoms with Gasteiger partial charge in [-0.1, -0.05) is 36.4 Å². The fourth-order valence-electron chi connectivity index (χ4n) is 6.23. The lowest BCUT2D eigenvalue weighted by molar-refractivity contribution is 0.187. The van der Waals surface area contributed by atoms with Crippen molar-refractivity contribution in [2.75, 3.05) is 56.2 Å². The molecule has 0 bridgehead atoms. The van der Waals surface area contributed by atoms with Gasteiger partial charge in [-0.3, -0.25) is 0 Å². The average Bonchev–Trinajstić information content (AvgIpc) is 3.23. The number of nitrogens with zero attached hydrogens (tertiary/aromatic N) is 6. The minimum absolute atomic E-state index is 0.147. The number of aromatic nitrogens is 2. The summed E-state index contributed by atoms with van der Waals surface area (Å²) in [5, 5.41) is 15.3. The number of hydrogen-bond donors (Lipinski definition) is 1. The van der Waals surface area contributed by atoms with Gasteiger partial charge in [0.25, 0.3) is 0 Å². The monoisotopic (exact) mass is 511 g/mol. The maximum absolute atomic E-state index is 9.29. The number of piperazine rings is 1. The lowest BCUT2D eigenvalue weighted by atomic mass is 10.1. The summed E-state index contributed by atoms with van der Waals surface area (Å²) in [7, 11) is 2.17. The highest BCUT2D eigenvalue weighted by Gasteiger charge is 2.29. The molecule has 2 aromatic carbocycles. The molecule has 0 radical (unpaired) electrons. The zero-order valence-electron chi connectivity index (χ0n) is 22.3. The molecule has 0 aliphatic carbocycles. The standard InChI is InChI=1S/C30H37N7O/c1-35-16-5-9-24(35)21-38-30-33-27-20-36(28-12-4-8-22-7-2-3-10-25(22)28)17-6-11-26(27)29(34-30)37-18-15-32-23(19-37)13-14-31/h2-4,7-8,10,12,23-24,32H,5-6,9,11,13,15-21H2,1H3/t23-,24-/m0/s1. The molecule has 0 saturated carbocycles. The number of likely N-dealkylation sites (N-methyl/N-ethyl adjacent to an activating group) is 1. The Balaban J connectivity index is 1.35. The van der Waals surface area contributed by atoms with Crippen molar-refractivity contribution in [3.05, 3.63) is 53.7 Å². The number of ether oxygens (including phenoxy) is 1. The van der Waals surface area contributed by atoms with Crippen LogP contribution in [0.15, 0.2) is 42.5 Å². The molecule has 6 rings (SSSR count). The highest BCUT2D eigenvalue weighted by Crippen LogP contribution is 2.34.